The second-order valence-corrected chi connectivity index (χ2v) is 6.60. The van der Waals surface area contributed by atoms with E-state index in [2.05, 4.69) is 47.4 Å². The van der Waals surface area contributed by atoms with Gasteiger partial charge in [-0.25, -0.2) is 5.43 Å². The Balaban J connectivity index is 1.66. The summed E-state index contributed by atoms with van der Waals surface area (Å²) in [6.45, 7) is 3.13. The largest absolute Gasteiger partial charge is 0.497 e. The number of nitrogens with one attached hydrogen (secondary N) is 3. The van der Waals surface area contributed by atoms with Gasteiger partial charge in [0.05, 0.1) is 26.2 Å². The maximum absolute atomic E-state index is 12.8. The zero-order chi connectivity index (χ0) is 19.2. The lowest BCUT2D eigenvalue weighted by Crippen LogP contribution is -2.34. The van der Waals surface area contributed by atoms with E-state index in [1.807, 2.05) is 18.2 Å². The van der Waals surface area contributed by atoms with E-state index in [9.17, 15) is 4.79 Å². The van der Waals surface area contributed by atoms with Crippen LogP contribution in [0.3, 0.4) is 0 Å². The van der Waals surface area contributed by atoms with E-state index in [1.54, 1.807) is 14.2 Å². The Kier molecular flexibility index (Phi) is 6.32. The molecule has 144 valence electrons. The molecule has 0 bridgehead atoms. The van der Waals surface area contributed by atoms with Crippen LogP contribution in [0.5, 0.6) is 11.5 Å². The topological polar surface area (TPSA) is 71.6 Å². The van der Waals surface area contributed by atoms with Crippen molar-refractivity contribution in [2.24, 2.45) is 5.92 Å². The predicted molar refractivity (Wildman–Crippen MR) is 105 cm³/mol. The van der Waals surface area contributed by atoms with E-state index in [-0.39, 0.29) is 17.9 Å². The average Bonchev–Trinajstić information content (AvgIpc) is 3.22. The molecule has 0 aromatic heterocycles. The minimum Gasteiger partial charge on any atom is -0.497 e. The third-order valence-corrected chi connectivity index (χ3v) is 5.01. The minimum atomic E-state index is -0.179. The molecule has 3 rings (SSSR count). The van der Waals surface area contributed by atoms with Gasteiger partial charge in [-0.15, -0.1) is 0 Å². The molecule has 2 atom stereocenters. The number of methoxy groups -OCH3 is 2. The molecule has 0 spiro atoms. The molecule has 1 fully saturated rings. The summed E-state index contributed by atoms with van der Waals surface area (Å²) in [5.74, 6) is 1.25. The van der Waals surface area contributed by atoms with E-state index in [0.717, 1.165) is 23.3 Å². The monoisotopic (exact) mass is 369 g/mol. The van der Waals surface area contributed by atoms with Crippen LogP contribution >= 0.6 is 0 Å². The van der Waals surface area contributed by atoms with Crippen LogP contribution in [-0.2, 0) is 17.8 Å². The fourth-order valence-electron chi connectivity index (χ4n) is 3.33. The first-order valence-corrected chi connectivity index (χ1v) is 9.22. The SMILES string of the molecule is CCc1ccc(C2NNCC2C(=O)NCc2ccc(OC)cc2OC)cc1. The predicted octanol–water partition coefficient (Wildman–Crippen LogP) is 2.35. The smallest absolute Gasteiger partial charge is 0.226 e. The van der Waals surface area contributed by atoms with Gasteiger partial charge in [-0.05, 0) is 29.7 Å². The molecular weight excluding hydrogens is 342 g/mol. The number of hydrogen-bond donors (Lipinski definition) is 3. The number of carbonyl (C=O) groups is 1. The van der Waals surface area contributed by atoms with Crippen molar-refractivity contribution in [3.63, 3.8) is 0 Å². The van der Waals surface area contributed by atoms with Crippen LogP contribution in [0.1, 0.15) is 29.7 Å². The van der Waals surface area contributed by atoms with Crippen molar-refractivity contribution in [2.75, 3.05) is 20.8 Å². The van der Waals surface area contributed by atoms with E-state index in [1.165, 1.54) is 5.56 Å². The molecule has 3 N–H and O–H groups in total. The van der Waals surface area contributed by atoms with Gasteiger partial charge in [0.25, 0.3) is 0 Å². The molecule has 1 saturated heterocycles. The summed E-state index contributed by atoms with van der Waals surface area (Å²) in [6, 6.07) is 14.0. The highest BCUT2D eigenvalue weighted by molar-refractivity contribution is 5.80. The number of carbonyl (C=O) groups excluding carboxylic acids is 1. The van der Waals surface area contributed by atoms with E-state index in [4.69, 9.17) is 9.47 Å². The average molecular weight is 369 g/mol. The number of ether oxygens (including phenoxy) is 2. The number of benzene rings is 2. The summed E-state index contributed by atoms with van der Waals surface area (Å²) in [5, 5.41) is 3.04. The van der Waals surface area contributed by atoms with Crippen molar-refractivity contribution in [2.45, 2.75) is 25.9 Å². The van der Waals surface area contributed by atoms with Crippen molar-refractivity contribution < 1.29 is 14.3 Å². The first kappa shape index (κ1) is 19.2. The van der Waals surface area contributed by atoms with Gasteiger partial charge < -0.3 is 14.8 Å². The van der Waals surface area contributed by atoms with E-state index in [0.29, 0.717) is 18.8 Å². The fraction of sp³-hybridized carbons (Fsp3) is 0.381. The van der Waals surface area contributed by atoms with Gasteiger partial charge in [-0.3, -0.25) is 10.2 Å². The molecule has 1 heterocycles. The summed E-state index contributed by atoms with van der Waals surface area (Å²) < 4.78 is 10.6. The van der Waals surface area contributed by atoms with Gasteiger partial charge in [0.1, 0.15) is 11.5 Å². The Morgan fingerprint density at radius 3 is 2.59 bits per heavy atom. The van der Waals surface area contributed by atoms with Crippen LogP contribution in [-0.4, -0.2) is 26.7 Å². The maximum Gasteiger partial charge on any atom is 0.226 e. The number of aryl methyl sites for hydroxylation is 1. The van der Waals surface area contributed by atoms with Crippen molar-refractivity contribution in [1.82, 2.24) is 16.2 Å². The van der Waals surface area contributed by atoms with Crippen molar-refractivity contribution in [3.05, 3.63) is 59.2 Å². The summed E-state index contributed by atoms with van der Waals surface area (Å²) in [5.41, 5.74) is 9.65. The highest BCUT2D eigenvalue weighted by Gasteiger charge is 2.33. The summed E-state index contributed by atoms with van der Waals surface area (Å²) in [4.78, 5) is 12.8. The molecule has 6 nitrogen and oxygen atoms in total. The van der Waals surface area contributed by atoms with Gasteiger partial charge in [0.2, 0.25) is 5.91 Å². The molecule has 27 heavy (non-hydrogen) atoms. The molecule has 2 aromatic carbocycles. The lowest BCUT2D eigenvalue weighted by atomic mass is 9.93. The fourth-order valence-corrected chi connectivity index (χ4v) is 3.33. The van der Waals surface area contributed by atoms with Crippen LogP contribution in [0.2, 0.25) is 0 Å². The summed E-state index contributed by atoms with van der Waals surface area (Å²) in [7, 11) is 3.23. The zero-order valence-corrected chi connectivity index (χ0v) is 16.0. The van der Waals surface area contributed by atoms with Crippen LogP contribution in [0.25, 0.3) is 0 Å². The second-order valence-electron chi connectivity index (χ2n) is 6.60. The minimum absolute atomic E-state index is 0.00920. The van der Waals surface area contributed by atoms with Gasteiger partial charge in [0.15, 0.2) is 0 Å². The Morgan fingerprint density at radius 2 is 1.93 bits per heavy atom. The highest BCUT2D eigenvalue weighted by Crippen LogP contribution is 2.27. The van der Waals surface area contributed by atoms with Crippen LogP contribution in [0.15, 0.2) is 42.5 Å². The Labute approximate surface area is 160 Å². The van der Waals surface area contributed by atoms with Crippen LogP contribution in [0, 0.1) is 5.92 Å². The molecule has 6 heteroatoms. The first-order valence-electron chi connectivity index (χ1n) is 9.22. The van der Waals surface area contributed by atoms with Crippen molar-refractivity contribution in [1.29, 1.82) is 0 Å². The molecule has 2 aromatic rings. The standard InChI is InChI=1S/C21H27N3O3/c1-4-14-5-7-15(8-6-14)20-18(13-23-24-20)21(25)22-12-16-9-10-17(26-2)11-19(16)27-3/h5-11,18,20,23-24H,4,12-13H2,1-3H3,(H,22,25). The molecule has 0 radical (unpaired) electrons. The zero-order valence-electron chi connectivity index (χ0n) is 16.0. The molecular formula is C21H27N3O3. The Morgan fingerprint density at radius 1 is 1.15 bits per heavy atom. The molecule has 1 aliphatic heterocycles. The van der Waals surface area contributed by atoms with E-state index >= 15 is 0 Å². The lowest BCUT2D eigenvalue weighted by Gasteiger charge is -2.19. The van der Waals surface area contributed by atoms with Crippen molar-refractivity contribution >= 4 is 5.91 Å². The first-order chi connectivity index (χ1) is 13.2. The second kappa shape index (κ2) is 8.88. The normalized spacial score (nSPS) is 18.9. The van der Waals surface area contributed by atoms with Gasteiger partial charge in [-0.1, -0.05) is 31.2 Å². The molecule has 0 saturated carbocycles. The lowest BCUT2D eigenvalue weighted by molar-refractivity contribution is -0.125. The molecule has 2 unspecified atom stereocenters. The van der Waals surface area contributed by atoms with Crippen LogP contribution < -0.4 is 25.6 Å². The van der Waals surface area contributed by atoms with Crippen LogP contribution in [0.4, 0.5) is 0 Å². The molecule has 1 amide bonds. The quantitative estimate of drug-likeness (QED) is 0.699. The number of hydrogen-bond acceptors (Lipinski definition) is 5. The summed E-state index contributed by atoms with van der Waals surface area (Å²) >= 11 is 0. The third kappa shape index (κ3) is 4.40. The van der Waals surface area contributed by atoms with Gasteiger partial charge in [0, 0.05) is 24.7 Å². The third-order valence-electron chi connectivity index (χ3n) is 5.01. The van der Waals surface area contributed by atoms with Gasteiger partial charge in [-0.2, -0.15) is 0 Å². The highest BCUT2D eigenvalue weighted by atomic mass is 16.5. The Bertz CT molecular complexity index is 777. The number of hydrazine groups is 1. The molecule has 1 aliphatic rings. The van der Waals surface area contributed by atoms with Gasteiger partial charge >= 0.3 is 0 Å². The summed E-state index contributed by atoms with van der Waals surface area (Å²) in [6.07, 6.45) is 1.00. The number of rotatable bonds is 7. The Hall–Kier alpha value is -2.57. The van der Waals surface area contributed by atoms with Crippen molar-refractivity contribution in [3.8, 4) is 11.5 Å². The maximum atomic E-state index is 12.8. The van der Waals surface area contributed by atoms with E-state index < -0.39 is 0 Å². The number of amides is 1. The molecule has 0 aliphatic carbocycles.